The molecule has 0 fully saturated rings. The molecule has 3 aromatic rings. The molecule has 4 rings (SSSR count). The van der Waals surface area contributed by atoms with E-state index < -0.39 is 30.1 Å². The van der Waals surface area contributed by atoms with Gasteiger partial charge in [0.1, 0.15) is 12.6 Å². The minimum atomic E-state index is -1.18. The molecule has 1 aliphatic rings. The number of ether oxygens (including phenoxy) is 1. The molecular formula is C26H26N2O5S2. The number of fused-ring (bicyclic) bond motifs is 3. The van der Waals surface area contributed by atoms with E-state index in [4.69, 9.17) is 4.74 Å². The van der Waals surface area contributed by atoms with Crippen molar-refractivity contribution in [1.82, 2.24) is 10.6 Å². The molecule has 7 nitrogen and oxygen atoms in total. The minimum Gasteiger partial charge on any atom is -0.479 e. The van der Waals surface area contributed by atoms with Crippen molar-refractivity contribution in [1.29, 1.82) is 0 Å². The molecule has 35 heavy (non-hydrogen) atoms. The first kappa shape index (κ1) is 24.8. The van der Waals surface area contributed by atoms with Crippen LogP contribution in [-0.4, -0.2) is 47.7 Å². The van der Waals surface area contributed by atoms with Gasteiger partial charge in [0.2, 0.25) is 5.91 Å². The lowest BCUT2D eigenvalue weighted by Gasteiger charge is -2.21. The number of benzene rings is 2. The van der Waals surface area contributed by atoms with Crippen LogP contribution in [0.25, 0.3) is 11.1 Å². The van der Waals surface area contributed by atoms with Crippen molar-refractivity contribution >= 4 is 41.1 Å². The predicted octanol–water partition coefficient (Wildman–Crippen LogP) is 4.65. The topological polar surface area (TPSA) is 105 Å². The quantitative estimate of drug-likeness (QED) is 0.367. The van der Waals surface area contributed by atoms with E-state index in [2.05, 4.69) is 22.8 Å². The molecule has 1 aromatic heterocycles. The highest BCUT2D eigenvalue weighted by Gasteiger charge is 2.31. The Bertz CT molecular complexity index is 1150. The van der Waals surface area contributed by atoms with E-state index in [0.29, 0.717) is 17.1 Å². The Morgan fingerprint density at radius 3 is 2.23 bits per heavy atom. The molecule has 0 radical (unpaired) electrons. The van der Waals surface area contributed by atoms with Crippen LogP contribution in [0.4, 0.5) is 4.79 Å². The van der Waals surface area contributed by atoms with Gasteiger partial charge in [0.15, 0.2) is 6.04 Å². The van der Waals surface area contributed by atoms with Gasteiger partial charge in [0, 0.05) is 10.8 Å². The van der Waals surface area contributed by atoms with E-state index in [9.17, 15) is 19.5 Å². The molecule has 1 heterocycles. The number of carbonyl (C=O) groups is 3. The van der Waals surface area contributed by atoms with Crippen LogP contribution in [0, 0.1) is 0 Å². The van der Waals surface area contributed by atoms with Crippen LogP contribution in [0.15, 0.2) is 66.0 Å². The van der Waals surface area contributed by atoms with Gasteiger partial charge in [0.05, 0.1) is 0 Å². The highest BCUT2D eigenvalue weighted by atomic mass is 32.2. The average Bonchev–Trinajstić information content (AvgIpc) is 3.50. The zero-order valence-electron chi connectivity index (χ0n) is 19.1. The summed E-state index contributed by atoms with van der Waals surface area (Å²) >= 11 is 2.77. The number of rotatable bonds is 10. The maximum absolute atomic E-state index is 12.9. The molecule has 182 valence electrons. The van der Waals surface area contributed by atoms with Crippen LogP contribution >= 0.6 is 23.1 Å². The molecule has 1 aliphatic carbocycles. The number of thiophene rings is 1. The Hall–Kier alpha value is -3.30. The molecule has 2 amide bonds. The third kappa shape index (κ3) is 5.68. The smallest absolute Gasteiger partial charge is 0.407 e. The number of carboxylic acids is 1. The fraction of sp³-hybridized carbons (Fsp3) is 0.269. The standard InChI is InChI=1S/C26H26N2O5S2/c1-34-14-12-21(24(29)28-23(25(30)31)22-11-6-13-35-22)27-26(32)33-15-20-18-9-4-2-7-16(18)17-8-3-5-10-19(17)20/h2-11,13,20-21,23H,12,14-15H2,1H3,(H,27,32)(H,28,29)(H,30,31). The van der Waals surface area contributed by atoms with Crippen molar-refractivity contribution in [2.45, 2.75) is 24.4 Å². The molecule has 3 N–H and O–H groups in total. The number of carbonyl (C=O) groups excluding carboxylic acids is 2. The third-order valence-electron chi connectivity index (χ3n) is 5.92. The Morgan fingerprint density at radius 1 is 1.00 bits per heavy atom. The molecule has 0 bridgehead atoms. The Balaban J connectivity index is 1.42. The maximum atomic E-state index is 12.9. The normalized spacial score (nSPS) is 13.9. The second-order valence-electron chi connectivity index (χ2n) is 8.10. The number of alkyl carbamates (subject to hydrolysis) is 1. The van der Waals surface area contributed by atoms with E-state index >= 15 is 0 Å². The van der Waals surface area contributed by atoms with Crippen molar-refractivity contribution in [3.63, 3.8) is 0 Å². The molecular weight excluding hydrogens is 484 g/mol. The SMILES string of the molecule is CSCCC(NC(=O)OCC1c2ccccc2-c2ccccc21)C(=O)NC(C(=O)O)c1cccs1. The van der Waals surface area contributed by atoms with Crippen LogP contribution in [-0.2, 0) is 14.3 Å². The number of hydrogen-bond acceptors (Lipinski definition) is 6. The largest absolute Gasteiger partial charge is 0.479 e. The Morgan fingerprint density at radius 2 is 1.66 bits per heavy atom. The Kier molecular flexibility index (Phi) is 8.09. The molecule has 2 unspecified atom stereocenters. The summed E-state index contributed by atoms with van der Waals surface area (Å²) in [4.78, 5) is 37.9. The summed E-state index contributed by atoms with van der Waals surface area (Å²) in [5.74, 6) is -1.21. The first-order valence-electron chi connectivity index (χ1n) is 11.2. The molecule has 0 saturated heterocycles. The van der Waals surface area contributed by atoms with Crippen molar-refractivity contribution in [2.75, 3.05) is 18.6 Å². The summed E-state index contributed by atoms with van der Waals surface area (Å²) in [5.41, 5.74) is 4.45. The van der Waals surface area contributed by atoms with Crippen LogP contribution in [0.3, 0.4) is 0 Å². The second kappa shape index (κ2) is 11.4. The minimum absolute atomic E-state index is 0.0955. The first-order valence-corrected chi connectivity index (χ1v) is 13.4. The lowest BCUT2D eigenvalue weighted by atomic mass is 9.98. The first-order chi connectivity index (χ1) is 17.0. The Labute approximate surface area is 211 Å². The summed E-state index contributed by atoms with van der Waals surface area (Å²) in [6, 6.07) is 17.4. The van der Waals surface area contributed by atoms with Gasteiger partial charge in [-0.3, -0.25) is 4.79 Å². The van der Waals surface area contributed by atoms with E-state index in [1.807, 2.05) is 42.7 Å². The highest BCUT2D eigenvalue weighted by molar-refractivity contribution is 7.98. The van der Waals surface area contributed by atoms with Crippen LogP contribution in [0.2, 0.25) is 0 Å². The van der Waals surface area contributed by atoms with E-state index in [1.54, 1.807) is 17.5 Å². The van der Waals surface area contributed by atoms with Crippen LogP contribution < -0.4 is 10.6 Å². The molecule has 2 atom stereocenters. The zero-order valence-corrected chi connectivity index (χ0v) is 20.7. The van der Waals surface area contributed by atoms with E-state index in [0.717, 1.165) is 22.3 Å². The van der Waals surface area contributed by atoms with Crippen molar-refractivity contribution in [3.05, 3.63) is 82.0 Å². The van der Waals surface area contributed by atoms with E-state index in [-0.39, 0.29) is 12.5 Å². The zero-order chi connectivity index (χ0) is 24.8. The van der Waals surface area contributed by atoms with Gasteiger partial charge in [0.25, 0.3) is 0 Å². The van der Waals surface area contributed by atoms with Crippen molar-refractivity contribution < 1.29 is 24.2 Å². The number of thioether (sulfide) groups is 1. The lowest BCUT2D eigenvalue weighted by molar-refractivity contribution is -0.142. The van der Waals surface area contributed by atoms with Gasteiger partial charge in [-0.15, -0.1) is 11.3 Å². The molecule has 0 aliphatic heterocycles. The number of aliphatic carboxylic acids is 1. The fourth-order valence-electron chi connectivity index (χ4n) is 4.24. The monoisotopic (exact) mass is 510 g/mol. The van der Waals surface area contributed by atoms with Gasteiger partial charge >= 0.3 is 12.1 Å². The predicted molar refractivity (Wildman–Crippen MR) is 138 cm³/mol. The van der Waals surface area contributed by atoms with Gasteiger partial charge in [-0.05, 0) is 52.1 Å². The number of nitrogens with one attached hydrogen (secondary N) is 2. The summed E-state index contributed by atoms with van der Waals surface area (Å²) < 4.78 is 5.57. The summed E-state index contributed by atoms with van der Waals surface area (Å²) in [7, 11) is 0. The van der Waals surface area contributed by atoms with Crippen LogP contribution in [0.1, 0.15) is 34.4 Å². The van der Waals surface area contributed by atoms with Gasteiger partial charge in [-0.2, -0.15) is 11.8 Å². The van der Waals surface area contributed by atoms with Gasteiger partial charge < -0.3 is 20.5 Å². The van der Waals surface area contributed by atoms with Gasteiger partial charge in [-0.1, -0.05) is 54.6 Å². The molecule has 9 heteroatoms. The van der Waals surface area contributed by atoms with Crippen molar-refractivity contribution in [3.8, 4) is 11.1 Å². The number of hydrogen-bond donors (Lipinski definition) is 3. The van der Waals surface area contributed by atoms with Gasteiger partial charge in [-0.25, -0.2) is 9.59 Å². The molecule has 2 aromatic carbocycles. The summed E-state index contributed by atoms with van der Waals surface area (Å²) in [6.45, 7) is 0.129. The third-order valence-corrected chi connectivity index (χ3v) is 7.51. The van der Waals surface area contributed by atoms with E-state index in [1.165, 1.54) is 23.1 Å². The van der Waals surface area contributed by atoms with Crippen LogP contribution in [0.5, 0.6) is 0 Å². The fourth-order valence-corrected chi connectivity index (χ4v) is 5.48. The molecule has 0 saturated carbocycles. The average molecular weight is 511 g/mol. The highest BCUT2D eigenvalue weighted by Crippen LogP contribution is 2.44. The lowest BCUT2D eigenvalue weighted by Crippen LogP contribution is -2.49. The van der Waals surface area contributed by atoms with Crippen molar-refractivity contribution in [2.24, 2.45) is 0 Å². The number of amides is 2. The second-order valence-corrected chi connectivity index (χ2v) is 10.1. The molecule has 0 spiro atoms. The maximum Gasteiger partial charge on any atom is 0.407 e. The number of carboxylic acid groups (broad SMARTS) is 1. The summed E-state index contributed by atoms with van der Waals surface area (Å²) in [6.07, 6.45) is 1.53. The summed E-state index contributed by atoms with van der Waals surface area (Å²) in [5, 5.41) is 16.5.